The number of nitrogens with two attached hydrogens (primary N) is 2. The molecular weight excluding hydrogens is 246 g/mol. The minimum atomic E-state index is -1.01. The van der Waals surface area contributed by atoms with E-state index >= 15 is 0 Å². The third kappa shape index (κ3) is 6.02. The van der Waals surface area contributed by atoms with Gasteiger partial charge in [-0.25, -0.2) is 0 Å². The third-order valence-electron chi connectivity index (χ3n) is 3.69. The highest BCUT2D eigenvalue weighted by Crippen LogP contribution is 2.28. The van der Waals surface area contributed by atoms with E-state index in [0.29, 0.717) is 25.8 Å². The molecular formula is C13H25N3O3. The fraction of sp³-hybridized carbons (Fsp3) is 0.846. The van der Waals surface area contributed by atoms with E-state index in [-0.39, 0.29) is 11.4 Å². The quantitative estimate of drug-likeness (QED) is 0.498. The molecule has 1 saturated carbocycles. The van der Waals surface area contributed by atoms with Crippen LogP contribution in [0, 0.1) is 0 Å². The first-order chi connectivity index (χ1) is 8.93. The molecule has 0 heterocycles. The molecule has 1 aliphatic rings. The minimum Gasteiger partial charge on any atom is -0.480 e. The van der Waals surface area contributed by atoms with E-state index < -0.39 is 12.0 Å². The van der Waals surface area contributed by atoms with Gasteiger partial charge in [-0.3, -0.25) is 9.59 Å². The third-order valence-corrected chi connectivity index (χ3v) is 3.69. The molecule has 1 fully saturated rings. The number of carbonyl (C=O) groups is 2. The Morgan fingerprint density at radius 1 is 1.26 bits per heavy atom. The van der Waals surface area contributed by atoms with Crippen molar-refractivity contribution in [3.63, 3.8) is 0 Å². The van der Waals surface area contributed by atoms with Crippen molar-refractivity contribution < 1.29 is 14.7 Å². The van der Waals surface area contributed by atoms with Gasteiger partial charge >= 0.3 is 5.97 Å². The Morgan fingerprint density at radius 2 is 1.89 bits per heavy atom. The maximum atomic E-state index is 11.8. The summed E-state index contributed by atoms with van der Waals surface area (Å²) >= 11 is 0. The zero-order valence-electron chi connectivity index (χ0n) is 11.4. The molecule has 0 radical (unpaired) electrons. The fourth-order valence-electron chi connectivity index (χ4n) is 2.49. The van der Waals surface area contributed by atoms with Gasteiger partial charge in [-0.05, 0) is 25.7 Å². The SMILES string of the molecule is N[C@@H](CCCNC(=O)CC1(N)CCCCC1)C(=O)O. The van der Waals surface area contributed by atoms with Crippen molar-refractivity contribution >= 4 is 11.9 Å². The predicted octanol–water partition coefficient (Wildman–Crippen LogP) is 0.346. The first-order valence-electron chi connectivity index (χ1n) is 6.97. The van der Waals surface area contributed by atoms with E-state index in [0.717, 1.165) is 25.7 Å². The molecule has 1 amide bonds. The lowest BCUT2D eigenvalue weighted by atomic mass is 9.80. The monoisotopic (exact) mass is 271 g/mol. The summed E-state index contributed by atoms with van der Waals surface area (Å²) in [6.45, 7) is 0.454. The van der Waals surface area contributed by atoms with Crippen LogP contribution in [0.25, 0.3) is 0 Å². The van der Waals surface area contributed by atoms with Crippen LogP contribution >= 0.6 is 0 Å². The lowest BCUT2D eigenvalue weighted by molar-refractivity contribution is -0.138. The van der Waals surface area contributed by atoms with Crippen LogP contribution in [-0.4, -0.2) is 35.1 Å². The van der Waals surface area contributed by atoms with Crippen LogP contribution in [-0.2, 0) is 9.59 Å². The predicted molar refractivity (Wildman–Crippen MR) is 72.5 cm³/mol. The summed E-state index contributed by atoms with van der Waals surface area (Å²) in [5.41, 5.74) is 11.2. The average molecular weight is 271 g/mol. The van der Waals surface area contributed by atoms with E-state index in [1.54, 1.807) is 0 Å². The van der Waals surface area contributed by atoms with Gasteiger partial charge in [-0.2, -0.15) is 0 Å². The molecule has 0 aliphatic heterocycles. The molecule has 110 valence electrons. The molecule has 0 unspecified atom stereocenters. The van der Waals surface area contributed by atoms with E-state index in [1.807, 2.05) is 0 Å². The Kier molecular flexibility index (Phi) is 6.24. The van der Waals surface area contributed by atoms with E-state index in [1.165, 1.54) is 6.42 Å². The topological polar surface area (TPSA) is 118 Å². The van der Waals surface area contributed by atoms with Crippen LogP contribution in [0.5, 0.6) is 0 Å². The van der Waals surface area contributed by atoms with Crippen molar-refractivity contribution in [1.29, 1.82) is 0 Å². The van der Waals surface area contributed by atoms with Gasteiger partial charge in [0.15, 0.2) is 0 Å². The second kappa shape index (κ2) is 7.45. The number of carboxylic acid groups (broad SMARTS) is 1. The van der Waals surface area contributed by atoms with Crippen molar-refractivity contribution in [3.8, 4) is 0 Å². The Balaban J connectivity index is 2.15. The number of nitrogens with one attached hydrogen (secondary N) is 1. The Labute approximate surface area is 113 Å². The summed E-state index contributed by atoms with van der Waals surface area (Å²) in [6.07, 6.45) is 6.49. The lowest BCUT2D eigenvalue weighted by Gasteiger charge is -2.32. The molecule has 0 aromatic rings. The van der Waals surface area contributed by atoms with E-state index in [2.05, 4.69) is 5.32 Å². The van der Waals surface area contributed by atoms with Crippen LogP contribution in [0.2, 0.25) is 0 Å². The zero-order chi connectivity index (χ0) is 14.3. The van der Waals surface area contributed by atoms with Crippen LogP contribution in [0.15, 0.2) is 0 Å². The standard InChI is InChI=1S/C13H25N3O3/c14-10(12(18)19)5-4-8-16-11(17)9-13(15)6-2-1-3-7-13/h10H,1-9,14-15H2,(H,16,17)(H,18,19)/t10-/m0/s1. The van der Waals surface area contributed by atoms with Gasteiger partial charge in [0, 0.05) is 18.5 Å². The molecule has 1 atom stereocenters. The molecule has 1 aliphatic carbocycles. The van der Waals surface area contributed by atoms with Gasteiger partial charge in [0.1, 0.15) is 6.04 Å². The van der Waals surface area contributed by atoms with Gasteiger partial charge in [0.2, 0.25) is 5.91 Å². The summed E-state index contributed by atoms with van der Waals surface area (Å²) in [6, 6.07) is -0.851. The van der Waals surface area contributed by atoms with Crippen molar-refractivity contribution in [2.45, 2.75) is 62.9 Å². The van der Waals surface area contributed by atoms with Crippen LogP contribution in [0.3, 0.4) is 0 Å². The summed E-state index contributed by atoms with van der Waals surface area (Å²) in [7, 11) is 0. The van der Waals surface area contributed by atoms with E-state index in [9.17, 15) is 9.59 Å². The van der Waals surface area contributed by atoms with Gasteiger partial charge in [0.25, 0.3) is 0 Å². The molecule has 0 saturated heterocycles. The normalized spacial score (nSPS) is 19.7. The first-order valence-corrected chi connectivity index (χ1v) is 6.97. The minimum absolute atomic E-state index is 0.0479. The molecule has 0 aromatic carbocycles. The summed E-state index contributed by atoms with van der Waals surface area (Å²) in [5, 5.41) is 11.4. The van der Waals surface area contributed by atoms with Crippen LogP contribution < -0.4 is 16.8 Å². The second-order valence-electron chi connectivity index (χ2n) is 5.54. The lowest BCUT2D eigenvalue weighted by Crippen LogP contribution is -2.46. The maximum Gasteiger partial charge on any atom is 0.320 e. The molecule has 6 heteroatoms. The zero-order valence-corrected chi connectivity index (χ0v) is 11.4. The second-order valence-corrected chi connectivity index (χ2v) is 5.54. The first kappa shape index (κ1) is 15.9. The number of rotatable bonds is 7. The van der Waals surface area contributed by atoms with Crippen molar-refractivity contribution in [2.24, 2.45) is 11.5 Å². The number of carbonyl (C=O) groups excluding carboxylic acids is 1. The molecule has 6 N–H and O–H groups in total. The molecule has 0 bridgehead atoms. The van der Waals surface area contributed by atoms with Crippen molar-refractivity contribution in [3.05, 3.63) is 0 Å². The highest BCUT2D eigenvalue weighted by molar-refractivity contribution is 5.77. The smallest absolute Gasteiger partial charge is 0.320 e. The Bertz CT molecular complexity index is 314. The molecule has 0 aromatic heterocycles. The summed E-state index contributed by atoms with van der Waals surface area (Å²) < 4.78 is 0. The molecule has 19 heavy (non-hydrogen) atoms. The van der Waals surface area contributed by atoms with Crippen LogP contribution in [0.4, 0.5) is 0 Å². The van der Waals surface area contributed by atoms with Gasteiger partial charge < -0.3 is 21.9 Å². The highest BCUT2D eigenvalue weighted by atomic mass is 16.4. The number of amides is 1. The van der Waals surface area contributed by atoms with Crippen molar-refractivity contribution in [2.75, 3.05) is 6.54 Å². The van der Waals surface area contributed by atoms with Crippen LogP contribution in [0.1, 0.15) is 51.4 Å². The van der Waals surface area contributed by atoms with Gasteiger partial charge in [-0.1, -0.05) is 19.3 Å². The fourth-order valence-corrected chi connectivity index (χ4v) is 2.49. The van der Waals surface area contributed by atoms with Gasteiger partial charge in [-0.15, -0.1) is 0 Å². The number of aliphatic carboxylic acids is 1. The Hall–Kier alpha value is -1.14. The Morgan fingerprint density at radius 3 is 2.47 bits per heavy atom. The maximum absolute atomic E-state index is 11.8. The highest BCUT2D eigenvalue weighted by Gasteiger charge is 2.29. The number of carboxylic acids is 1. The average Bonchev–Trinajstić information content (AvgIpc) is 2.34. The van der Waals surface area contributed by atoms with Crippen molar-refractivity contribution in [1.82, 2.24) is 5.32 Å². The molecule has 6 nitrogen and oxygen atoms in total. The molecule has 1 rings (SSSR count). The van der Waals surface area contributed by atoms with E-state index in [4.69, 9.17) is 16.6 Å². The molecule has 0 spiro atoms. The summed E-state index contributed by atoms with van der Waals surface area (Å²) in [4.78, 5) is 22.3. The van der Waals surface area contributed by atoms with Gasteiger partial charge in [0.05, 0.1) is 0 Å². The number of hydrogen-bond donors (Lipinski definition) is 4. The largest absolute Gasteiger partial charge is 0.480 e. The summed E-state index contributed by atoms with van der Waals surface area (Å²) in [5.74, 6) is -1.05. The number of hydrogen-bond acceptors (Lipinski definition) is 4.